The predicted octanol–water partition coefficient (Wildman–Crippen LogP) is 10.5. The van der Waals surface area contributed by atoms with Crippen LogP contribution in [0, 0.1) is 0 Å². The molecule has 1 amide bonds. The van der Waals surface area contributed by atoms with Crippen molar-refractivity contribution < 1.29 is 47.8 Å². The summed E-state index contributed by atoms with van der Waals surface area (Å²) >= 11 is 0. The summed E-state index contributed by atoms with van der Waals surface area (Å²) in [6.45, 7) is 2.31. The fourth-order valence-electron chi connectivity index (χ4n) is 4.92. The van der Waals surface area contributed by atoms with Crippen molar-refractivity contribution in [2.75, 3.05) is 19.8 Å². The van der Waals surface area contributed by atoms with E-state index < -0.39 is 57.6 Å². The quantitative estimate of drug-likeness (QED) is 0.0205. The third-order valence-electron chi connectivity index (χ3n) is 8.14. The highest BCUT2D eigenvalue weighted by molar-refractivity contribution is 7.47. The Bertz CT molecular complexity index is 1330. The molecule has 322 valence electrons. The Morgan fingerprint density at radius 2 is 1.05 bits per heavy atom. The molecular weight excluding hydrogens is 745 g/mol. The highest BCUT2D eigenvalue weighted by atomic mass is 31.2. The molecule has 0 heterocycles. The monoisotopic (exact) mass is 817 g/mol. The van der Waals surface area contributed by atoms with Crippen LogP contribution in [0.1, 0.15) is 136 Å². The summed E-state index contributed by atoms with van der Waals surface area (Å²) in [6.07, 6.45) is 48.9. The van der Waals surface area contributed by atoms with Crippen molar-refractivity contribution in [1.82, 2.24) is 5.32 Å². The van der Waals surface area contributed by atoms with Gasteiger partial charge in [0, 0.05) is 6.42 Å². The zero-order chi connectivity index (χ0) is 42.1. The van der Waals surface area contributed by atoms with E-state index in [-0.39, 0.29) is 12.8 Å². The molecular formula is C45H72NO10P. The van der Waals surface area contributed by atoms with Crippen LogP contribution >= 0.6 is 7.82 Å². The van der Waals surface area contributed by atoms with E-state index in [2.05, 4.69) is 92.1 Å². The number of nitrogens with one attached hydrogen (secondary N) is 1. The van der Waals surface area contributed by atoms with Crippen molar-refractivity contribution >= 4 is 25.7 Å². The summed E-state index contributed by atoms with van der Waals surface area (Å²) in [5, 5.41) is 21.7. The average molecular weight is 818 g/mol. The summed E-state index contributed by atoms with van der Waals surface area (Å²) in [5.41, 5.74) is 0. The number of allylic oxidation sites excluding steroid dienone is 15. The van der Waals surface area contributed by atoms with Crippen molar-refractivity contribution in [3.8, 4) is 0 Å². The second kappa shape index (κ2) is 39.2. The maximum Gasteiger partial charge on any atom is 0.472 e. The van der Waals surface area contributed by atoms with Gasteiger partial charge in [-0.2, -0.15) is 0 Å². The van der Waals surface area contributed by atoms with Crippen molar-refractivity contribution in [2.24, 2.45) is 0 Å². The van der Waals surface area contributed by atoms with Crippen LogP contribution < -0.4 is 5.32 Å². The van der Waals surface area contributed by atoms with Gasteiger partial charge in [0.2, 0.25) is 5.91 Å². The molecule has 0 saturated carbocycles. The summed E-state index contributed by atoms with van der Waals surface area (Å²) in [4.78, 5) is 45.7. The van der Waals surface area contributed by atoms with Gasteiger partial charge < -0.3 is 25.2 Å². The molecule has 0 fully saturated rings. The molecule has 0 aliphatic rings. The number of ether oxygens (including phenoxy) is 1. The van der Waals surface area contributed by atoms with Crippen molar-refractivity contribution in [3.63, 3.8) is 0 Å². The fourth-order valence-corrected chi connectivity index (χ4v) is 5.69. The summed E-state index contributed by atoms with van der Waals surface area (Å²) < 4.78 is 26.7. The Kier molecular flexibility index (Phi) is 36.8. The summed E-state index contributed by atoms with van der Waals surface area (Å²) in [5.74, 6) is -2.54. The van der Waals surface area contributed by atoms with Crippen molar-refractivity contribution in [2.45, 2.75) is 148 Å². The van der Waals surface area contributed by atoms with Gasteiger partial charge in [-0.25, -0.2) is 9.36 Å². The second-order valence-corrected chi connectivity index (χ2v) is 14.9. The van der Waals surface area contributed by atoms with Crippen molar-refractivity contribution in [3.05, 3.63) is 97.2 Å². The molecule has 0 rings (SSSR count). The SMILES string of the molecule is CC/C=C\C/C=C\C/C=C\C/C=C\C/C=C\C/C=C\C/C=C\CC(=O)OCC(O)COP(=O)(O)OCC(NC(=O)CCCCCCC/C=C\CCCCC)C(=O)O. The number of rotatable bonds is 37. The van der Waals surface area contributed by atoms with Gasteiger partial charge in [0.25, 0.3) is 0 Å². The van der Waals surface area contributed by atoms with Crippen LogP contribution in [0.2, 0.25) is 0 Å². The Hall–Kier alpha value is -3.60. The number of carbonyl (C=O) groups excluding carboxylic acids is 2. The van der Waals surface area contributed by atoms with E-state index in [1.807, 2.05) is 18.2 Å². The van der Waals surface area contributed by atoms with Crippen LogP contribution in [0.15, 0.2) is 97.2 Å². The van der Waals surface area contributed by atoms with Gasteiger partial charge in [-0.15, -0.1) is 0 Å². The van der Waals surface area contributed by atoms with E-state index in [0.29, 0.717) is 12.8 Å². The number of hydrogen-bond acceptors (Lipinski definition) is 8. The molecule has 0 aliphatic carbocycles. The van der Waals surface area contributed by atoms with E-state index in [1.54, 1.807) is 6.08 Å². The average Bonchev–Trinajstić information content (AvgIpc) is 3.18. The number of phosphoric ester groups is 1. The van der Waals surface area contributed by atoms with Gasteiger partial charge in [-0.05, 0) is 77.0 Å². The number of amides is 1. The van der Waals surface area contributed by atoms with Gasteiger partial charge in [-0.1, -0.05) is 143 Å². The molecule has 0 aromatic carbocycles. The number of esters is 1. The first kappa shape index (κ1) is 53.4. The van der Waals surface area contributed by atoms with Crippen LogP contribution in [0.3, 0.4) is 0 Å². The van der Waals surface area contributed by atoms with Gasteiger partial charge in [0.1, 0.15) is 12.7 Å². The maximum absolute atomic E-state index is 12.2. The van der Waals surface area contributed by atoms with Crippen LogP contribution in [0.4, 0.5) is 0 Å². The number of carboxylic acids is 1. The third kappa shape index (κ3) is 39.0. The molecule has 12 heteroatoms. The third-order valence-corrected chi connectivity index (χ3v) is 9.09. The summed E-state index contributed by atoms with van der Waals surface area (Å²) in [6, 6.07) is -1.57. The first-order chi connectivity index (χ1) is 27.6. The summed E-state index contributed by atoms with van der Waals surface area (Å²) in [7, 11) is -4.78. The Morgan fingerprint density at radius 3 is 1.56 bits per heavy atom. The lowest BCUT2D eigenvalue weighted by Crippen LogP contribution is -2.43. The Balaban J connectivity index is 4.07. The largest absolute Gasteiger partial charge is 0.480 e. The van der Waals surface area contributed by atoms with Crippen LogP contribution in [-0.2, 0) is 32.7 Å². The lowest BCUT2D eigenvalue weighted by molar-refractivity contribution is -0.146. The molecule has 0 aromatic heterocycles. The number of aliphatic hydroxyl groups excluding tert-OH is 1. The molecule has 0 aromatic rings. The highest BCUT2D eigenvalue weighted by Gasteiger charge is 2.28. The topological polar surface area (TPSA) is 169 Å². The maximum atomic E-state index is 12.2. The number of carbonyl (C=O) groups is 3. The van der Waals surface area contributed by atoms with Gasteiger partial charge in [-0.3, -0.25) is 18.6 Å². The molecule has 3 unspecified atom stereocenters. The minimum atomic E-state index is -4.78. The van der Waals surface area contributed by atoms with Crippen LogP contribution in [0.25, 0.3) is 0 Å². The molecule has 0 saturated heterocycles. The Morgan fingerprint density at radius 1 is 0.596 bits per heavy atom. The molecule has 0 radical (unpaired) electrons. The highest BCUT2D eigenvalue weighted by Crippen LogP contribution is 2.43. The molecule has 3 atom stereocenters. The van der Waals surface area contributed by atoms with Gasteiger partial charge in [0.05, 0.1) is 19.6 Å². The number of phosphoric acid groups is 1. The smallest absolute Gasteiger partial charge is 0.472 e. The first-order valence-corrected chi connectivity index (χ1v) is 22.3. The first-order valence-electron chi connectivity index (χ1n) is 20.8. The van der Waals surface area contributed by atoms with Gasteiger partial charge >= 0.3 is 19.8 Å². The van der Waals surface area contributed by atoms with E-state index >= 15 is 0 Å². The number of unbranched alkanes of at least 4 members (excludes halogenated alkanes) is 8. The lowest BCUT2D eigenvalue weighted by Gasteiger charge is -2.18. The number of aliphatic carboxylic acids is 1. The molecule has 11 nitrogen and oxygen atoms in total. The fraction of sp³-hybridized carbons (Fsp3) is 0.578. The van der Waals surface area contributed by atoms with Crippen LogP contribution in [-0.4, -0.2) is 64.9 Å². The van der Waals surface area contributed by atoms with E-state index in [0.717, 1.165) is 77.0 Å². The molecule has 57 heavy (non-hydrogen) atoms. The lowest BCUT2D eigenvalue weighted by atomic mass is 10.1. The normalized spacial score (nSPS) is 14.7. The number of hydrogen-bond donors (Lipinski definition) is 4. The zero-order valence-corrected chi connectivity index (χ0v) is 35.5. The predicted molar refractivity (Wildman–Crippen MR) is 230 cm³/mol. The second-order valence-electron chi connectivity index (χ2n) is 13.5. The minimum Gasteiger partial charge on any atom is -0.480 e. The van der Waals surface area contributed by atoms with Crippen molar-refractivity contribution in [1.29, 1.82) is 0 Å². The van der Waals surface area contributed by atoms with E-state index in [9.17, 15) is 34.1 Å². The zero-order valence-electron chi connectivity index (χ0n) is 34.6. The molecule has 0 spiro atoms. The van der Waals surface area contributed by atoms with E-state index in [4.69, 9.17) is 13.8 Å². The van der Waals surface area contributed by atoms with Crippen LogP contribution in [0.5, 0.6) is 0 Å². The van der Waals surface area contributed by atoms with Gasteiger partial charge in [0.15, 0.2) is 6.04 Å². The van der Waals surface area contributed by atoms with E-state index in [1.165, 1.54) is 19.3 Å². The molecule has 4 N–H and O–H groups in total. The number of carboxylic acid groups (broad SMARTS) is 1. The Labute approximate surface area is 343 Å². The number of aliphatic hydroxyl groups is 1. The minimum absolute atomic E-state index is 0.0167. The molecule has 0 bridgehead atoms. The standard InChI is InChI=1S/C45H72NO10P/c1-3-5-7-9-11-13-15-17-18-19-20-21-22-23-24-25-27-29-31-33-35-37-44(49)54-38-41(47)39-55-57(52,53)56-40-42(45(50)51)46-43(48)36-34-32-30-28-26-16-14-12-10-8-6-4-2/h5,7,11-14,17-18,20-21,23-24,27,29,33,35,41-42,47H,3-4,6,8-10,15-16,19,22,25-26,28,30-32,34,36-40H2,1-2H3,(H,46,48)(H,50,51)(H,52,53)/b7-5-,13-11-,14-12-,18-17-,21-20-,24-23-,29-27-,35-33-. The molecule has 0 aliphatic heterocycles.